The molecule has 0 aromatic carbocycles. The lowest BCUT2D eigenvalue weighted by atomic mass is 9.86. The van der Waals surface area contributed by atoms with E-state index in [9.17, 15) is 4.39 Å². The van der Waals surface area contributed by atoms with Crippen LogP contribution < -0.4 is 11.5 Å². The molecule has 0 bridgehead atoms. The molecule has 0 saturated heterocycles. The maximum Gasteiger partial charge on any atom is 0.152 e. The van der Waals surface area contributed by atoms with E-state index in [1.54, 1.807) is 48.7 Å². The molecule has 0 amide bonds. The number of dihydropyridines is 1. The van der Waals surface area contributed by atoms with Gasteiger partial charge in [-0.1, -0.05) is 37.0 Å². The molecule has 1 aliphatic carbocycles. The molecule has 2 heterocycles. The van der Waals surface area contributed by atoms with Crippen LogP contribution in [0.25, 0.3) is 5.57 Å². The largest absolute Gasteiger partial charge is 0.404 e. The molecular weight excluding hydrogens is 403 g/mol. The van der Waals surface area contributed by atoms with Gasteiger partial charge in [0.15, 0.2) is 5.84 Å². The monoisotopic (exact) mass is 428 g/mol. The molecule has 0 fully saturated rings. The standard InChI is InChI=1S/C25H25FN6/c1-3-6-19-21(11-23(32-25(19)30)20-7-4-5-8-22(20)26)16(12-27)9-15(2)18-10-17(13-28)24(29)31-14-18/h3-14,20,22,28,30H,1,27H2,2H3,(H2,29,31)/b15-9+,16-12+,19-6-,28-13?,30-25?. The summed E-state index contributed by atoms with van der Waals surface area (Å²) >= 11 is 0. The first-order valence-electron chi connectivity index (χ1n) is 9.97. The van der Waals surface area contributed by atoms with Gasteiger partial charge < -0.3 is 16.9 Å². The van der Waals surface area contributed by atoms with E-state index in [1.165, 1.54) is 12.3 Å². The number of hydrogen-bond donors (Lipinski definition) is 4. The van der Waals surface area contributed by atoms with Gasteiger partial charge in [-0.15, -0.1) is 0 Å². The van der Waals surface area contributed by atoms with E-state index in [2.05, 4.69) is 16.6 Å². The molecule has 6 N–H and O–H groups in total. The van der Waals surface area contributed by atoms with Gasteiger partial charge in [0, 0.05) is 29.7 Å². The Balaban J connectivity index is 2.07. The van der Waals surface area contributed by atoms with Crippen LogP contribution in [0, 0.1) is 16.7 Å². The third kappa shape index (κ3) is 4.62. The Hall–Kier alpha value is -4.13. The van der Waals surface area contributed by atoms with Gasteiger partial charge in [-0.05, 0) is 53.5 Å². The van der Waals surface area contributed by atoms with Crippen LogP contribution in [0.5, 0.6) is 0 Å². The van der Waals surface area contributed by atoms with Crippen molar-refractivity contribution >= 4 is 29.2 Å². The molecule has 32 heavy (non-hydrogen) atoms. The van der Waals surface area contributed by atoms with Crippen molar-refractivity contribution in [1.29, 1.82) is 10.8 Å². The number of anilines is 1. The third-order valence-corrected chi connectivity index (χ3v) is 5.19. The highest BCUT2D eigenvalue weighted by Crippen LogP contribution is 2.31. The van der Waals surface area contributed by atoms with Gasteiger partial charge in [0.05, 0.1) is 11.6 Å². The SMILES string of the molecule is C=C/C=C1\C(=N)N=C(C2C=CC=CC2F)C=C1C(=C/N)/C=C(\C)c1cnc(N)c(C=N)c1. The fraction of sp³-hybridized carbons (Fsp3) is 0.120. The van der Waals surface area contributed by atoms with Gasteiger partial charge in [0.1, 0.15) is 12.0 Å². The number of nitrogens with zero attached hydrogens (tertiary/aromatic N) is 2. The van der Waals surface area contributed by atoms with Crippen LogP contribution in [0.1, 0.15) is 18.1 Å². The van der Waals surface area contributed by atoms with E-state index >= 15 is 0 Å². The van der Waals surface area contributed by atoms with Crippen LogP contribution >= 0.6 is 0 Å². The summed E-state index contributed by atoms with van der Waals surface area (Å²) in [4.78, 5) is 8.48. The van der Waals surface area contributed by atoms with E-state index in [0.29, 0.717) is 28.0 Å². The molecule has 1 aliphatic heterocycles. The van der Waals surface area contributed by atoms with Gasteiger partial charge in [-0.3, -0.25) is 5.41 Å². The molecule has 2 atom stereocenters. The number of nitrogen functional groups attached to an aromatic ring is 1. The zero-order valence-electron chi connectivity index (χ0n) is 17.7. The van der Waals surface area contributed by atoms with E-state index in [0.717, 1.165) is 17.4 Å². The predicted molar refractivity (Wildman–Crippen MR) is 131 cm³/mol. The number of aliphatic imine (C=N–C) groups is 1. The lowest BCUT2D eigenvalue weighted by Crippen LogP contribution is -2.26. The van der Waals surface area contributed by atoms with Gasteiger partial charge in [0.25, 0.3) is 0 Å². The molecule has 1 aromatic rings. The van der Waals surface area contributed by atoms with Gasteiger partial charge in [-0.2, -0.15) is 0 Å². The number of nitrogens with two attached hydrogens (primary N) is 2. The van der Waals surface area contributed by atoms with Crippen LogP contribution in [0.3, 0.4) is 0 Å². The van der Waals surface area contributed by atoms with Crippen molar-refractivity contribution in [3.63, 3.8) is 0 Å². The lowest BCUT2D eigenvalue weighted by Gasteiger charge is -2.24. The molecule has 0 spiro atoms. The molecule has 0 saturated carbocycles. The van der Waals surface area contributed by atoms with Gasteiger partial charge in [-0.25, -0.2) is 14.4 Å². The number of aromatic nitrogens is 1. The molecule has 6 nitrogen and oxygen atoms in total. The number of allylic oxidation sites excluding steroid dienone is 10. The first-order valence-corrected chi connectivity index (χ1v) is 9.97. The molecule has 1 aromatic heterocycles. The number of rotatable bonds is 6. The first kappa shape index (κ1) is 22.6. The summed E-state index contributed by atoms with van der Waals surface area (Å²) in [5, 5.41) is 15.9. The van der Waals surface area contributed by atoms with Crippen molar-refractivity contribution in [2.24, 2.45) is 16.6 Å². The Morgan fingerprint density at radius 1 is 1.28 bits per heavy atom. The second-order valence-electron chi connectivity index (χ2n) is 7.29. The van der Waals surface area contributed by atoms with Crippen LogP contribution in [-0.2, 0) is 0 Å². The molecular formula is C25H25FN6. The Morgan fingerprint density at radius 2 is 2.03 bits per heavy atom. The summed E-state index contributed by atoms with van der Waals surface area (Å²) < 4.78 is 14.5. The summed E-state index contributed by atoms with van der Waals surface area (Å²) in [6.07, 6.45) is 16.5. The number of hydrogen-bond acceptors (Lipinski definition) is 5. The number of alkyl halides is 1. The number of amidine groups is 1. The third-order valence-electron chi connectivity index (χ3n) is 5.19. The Kier molecular flexibility index (Phi) is 6.90. The summed E-state index contributed by atoms with van der Waals surface area (Å²) in [6.45, 7) is 5.62. The van der Waals surface area contributed by atoms with E-state index in [1.807, 2.05) is 13.0 Å². The average molecular weight is 429 g/mol. The van der Waals surface area contributed by atoms with Crippen molar-refractivity contribution in [3.05, 3.63) is 101 Å². The van der Waals surface area contributed by atoms with Gasteiger partial charge in [0.2, 0.25) is 0 Å². The molecule has 162 valence electrons. The van der Waals surface area contributed by atoms with Crippen LogP contribution in [0.15, 0.2) is 95.4 Å². The van der Waals surface area contributed by atoms with Crippen molar-refractivity contribution < 1.29 is 4.39 Å². The van der Waals surface area contributed by atoms with E-state index in [4.69, 9.17) is 22.3 Å². The Bertz CT molecular complexity index is 1180. The maximum absolute atomic E-state index is 14.5. The van der Waals surface area contributed by atoms with E-state index < -0.39 is 12.1 Å². The van der Waals surface area contributed by atoms with E-state index in [-0.39, 0.29) is 11.7 Å². The predicted octanol–water partition coefficient (Wildman–Crippen LogP) is 4.46. The average Bonchev–Trinajstić information content (AvgIpc) is 2.79. The molecule has 0 radical (unpaired) electrons. The smallest absolute Gasteiger partial charge is 0.152 e. The zero-order chi connectivity index (χ0) is 23.3. The summed E-state index contributed by atoms with van der Waals surface area (Å²) in [5.41, 5.74) is 16.2. The van der Waals surface area contributed by atoms with Crippen LogP contribution in [0.2, 0.25) is 0 Å². The summed E-state index contributed by atoms with van der Waals surface area (Å²) in [6, 6.07) is 1.77. The topological polar surface area (TPSA) is 125 Å². The molecule has 7 heteroatoms. The van der Waals surface area contributed by atoms with Crippen molar-refractivity contribution in [2.45, 2.75) is 13.1 Å². The second kappa shape index (κ2) is 9.78. The maximum atomic E-state index is 14.5. The normalized spacial score (nSPS) is 22.6. The fourth-order valence-corrected chi connectivity index (χ4v) is 3.47. The molecule has 2 aliphatic rings. The highest BCUT2D eigenvalue weighted by atomic mass is 19.1. The van der Waals surface area contributed by atoms with Crippen molar-refractivity contribution in [3.8, 4) is 0 Å². The quantitative estimate of drug-likeness (QED) is 0.395. The first-order chi connectivity index (χ1) is 15.4. The highest BCUT2D eigenvalue weighted by Gasteiger charge is 2.27. The highest BCUT2D eigenvalue weighted by molar-refractivity contribution is 6.17. The minimum absolute atomic E-state index is 0.0122. The summed E-state index contributed by atoms with van der Waals surface area (Å²) in [7, 11) is 0. The van der Waals surface area contributed by atoms with Crippen molar-refractivity contribution in [1.82, 2.24) is 4.98 Å². The number of pyridine rings is 1. The number of halogens is 1. The zero-order valence-corrected chi connectivity index (χ0v) is 17.7. The second-order valence-corrected chi connectivity index (χ2v) is 7.29. The lowest BCUT2D eigenvalue weighted by molar-refractivity contribution is 0.366. The summed E-state index contributed by atoms with van der Waals surface area (Å²) in [5.74, 6) is -0.290. The minimum Gasteiger partial charge on any atom is -0.404 e. The van der Waals surface area contributed by atoms with Crippen LogP contribution in [0.4, 0.5) is 10.2 Å². The van der Waals surface area contributed by atoms with Crippen molar-refractivity contribution in [2.75, 3.05) is 5.73 Å². The molecule has 3 rings (SSSR count). The fourth-order valence-electron chi connectivity index (χ4n) is 3.47. The van der Waals surface area contributed by atoms with Crippen LogP contribution in [-0.4, -0.2) is 28.9 Å². The minimum atomic E-state index is -1.23. The van der Waals surface area contributed by atoms with Gasteiger partial charge >= 0.3 is 0 Å². The Labute approximate surface area is 186 Å². The number of nitrogens with one attached hydrogen (secondary N) is 2. The Morgan fingerprint density at radius 3 is 2.69 bits per heavy atom. The molecule has 2 unspecified atom stereocenters.